The third kappa shape index (κ3) is 3.85. The molecule has 2 rings (SSSR count). The van der Waals surface area contributed by atoms with E-state index in [1.807, 2.05) is 44.2 Å². The molecule has 0 atom stereocenters. The molecule has 0 saturated heterocycles. The van der Waals surface area contributed by atoms with Crippen molar-refractivity contribution < 1.29 is 8.42 Å². The molecule has 0 aliphatic heterocycles. The molecule has 0 aliphatic carbocycles. The number of hydrogen-bond acceptors (Lipinski definition) is 2. The van der Waals surface area contributed by atoms with Gasteiger partial charge in [-0.3, -0.25) is 4.72 Å². The number of nitrogens with one attached hydrogen (secondary N) is 1. The molecule has 0 aliphatic rings. The number of sulfonamides is 1. The lowest BCUT2D eigenvalue weighted by atomic mass is 10.1. The molecule has 0 saturated carbocycles. The van der Waals surface area contributed by atoms with Crippen LogP contribution in [0.1, 0.15) is 30.0 Å². The fourth-order valence-electron chi connectivity index (χ4n) is 2.17. The summed E-state index contributed by atoms with van der Waals surface area (Å²) in [4.78, 5) is 0.295. The van der Waals surface area contributed by atoms with Crippen molar-refractivity contribution in [3.8, 4) is 0 Å². The molecule has 0 aromatic heterocycles. The summed E-state index contributed by atoms with van der Waals surface area (Å²) in [7, 11) is -3.53. The van der Waals surface area contributed by atoms with Crippen LogP contribution in [0, 0.1) is 13.8 Å². The Balaban J connectivity index is 2.27. The number of anilines is 1. The van der Waals surface area contributed by atoms with E-state index in [9.17, 15) is 8.42 Å². The Kier molecular flexibility index (Phi) is 4.68. The van der Waals surface area contributed by atoms with Crippen molar-refractivity contribution in [2.24, 2.45) is 0 Å². The average molecular weight is 303 g/mol. The Morgan fingerprint density at radius 1 is 1.00 bits per heavy atom. The Morgan fingerprint density at radius 3 is 2.29 bits per heavy atom. The van der Waals surface area contributed by atoms with E-state index in [0.717, 1.165) is 29.5 Å². The lowest BCUT2D eigenvalue weighted by molar-refractivity contribution is 0.601. The van der Waals surface area contributed by atoms with Crippen LogP contribution in [0.25, 0.3) is 0 Å². The summed E-state index contributed by atoms with van der Waals surface area (Å²) in [5, 5.41) is 0. The molecule has 2 aromatic carbocycles. The highest BCUT2D eigenvalue weighted by atomic mass is 32.2. The van der Waals surface area contributed by atoms with Gasteiger partial charge in [0.2, 0.25) is 0 Å². The van der Waals surface area contributed by atoms with Gasteiger partial charge in [-0.1, -0.05) is 37.6 Å². The zero-order valence-corrected chi connectivity index (χ0v) is 13.5. The van der Waals surface area contributed by atoms with Crippen LogP contribution in [0.5, 0.6) is 0 Å². The van der Waals surface area contributed by atoms with Crippen LogP contribution >= 0.6 is 0 Å². The Hall–Kier alpha value is -1.81. The molecule has 2 aromatic rings. The van der Waals surface area contributed by atoms with E-state index >= 15 is 0 Å². The van der Waals surface area contributed by atoms with E-state index in [2.05, 4.69) is 11.6 Å². The number of hydrogen-bond donors (Lipinski definition) is 1. The first-order chi connectivity index (χ1) is 9.92. The van der Waals surface area contributed by atoms with Gasteiger partial charge in [0.25, 0.3) is 10.0 Å². The van der Waals surface area contributed by atoms with Gasteiger partial charge in [-0.15, -0.1) is 0 Å². The normalized spacial score (nSPS) is 11.4. The first kappa shape index (κ1) is 15.6. The second-order valence-electron chi connectivity index (χ2n) is 5.32. The first-order valence-corrected chi connectivity index (χ1v) is 8.59. The fourth-order valence-corrected chi connectivity index (χ4v) is 3.30. The molecular weight excluding hydrogens is 282 g/mol. The Labute approximate surface area is 127 Å². The maximum Gasteiger partial charge on any atom is 0.261 e. The molecule has 1 N–H and O–H groups in total. The van der Waals surface area contributed by atoms with Crippen molar-refractivity contribution in [3.05, 3.63) is 59.2 Å². The highest BCUT2D eigenvalue weighted by Gasteiger charge is 2.15. The third-order valence-electron chi connectivity index (χ3n) is 3.41. The van der Waals surface area contributed by atoms with Gasteiger partial charge in [-0.25, -0.2) is 8.42 Å². The average Bonchev–Trinajstić information content (AvgIpc) is 2.44. The van der Waals surface area contributed by atoms with Crippen LogP contribution in [0.3, 0.4) is 0 Å². The zero-order chi connectivity index (χ0) is 15.5. The summed E-state index contributed by atoms with van der Waals surface area (Å²) >= 11 is 0. The molecule has 0 amide bonds. The lowest BCUT2D eigenvalue weighted by Gasteiger charge is -2.11. The highest BCUT2D eigenvalue weighted by molar-refractivity contribution is 7.92. The molecule has 112 valence electrons. The maximum atomic E-state index is 12.4. The lowest BCUT2D eigenvalue weighted by Crippen LogP contribution is -2.13. The van der Waals surface area contributed by atoms with Crippen molar-refractivity contribution in [1.29, 1.82) is 0 Å². The van der Waals surface area contributed by atoms with Gasteiger partial charge in [-0.05, 0) is 55.2 Å². The molecule has 0 bridgehead atoms. The van der Waals surface area contributed by atoms with E-state index in [4.69, 9.17) is 0 Å². The maximum absolute atomic E-state index is 12.4. The molecule has 0 heterocycles. The summed E-state index contributed by atoms with van der Waals surface area (Å²) < 4.78 is 27.5. The van der Waals surface area contributed by atoms with Crippen LogP contribution in [0.2, 0.25) is 0 Å². The minimum Gasteiger partial charge on any atom is -0.279 e. The van der Waals surface area contributed by atoms with Crippen LogP contribution in [-0.4, -0.2) is 8.42 Å². The minimum atomic E-state index is -3.53. The molecule has 0 fully saturated rings. The van der Waals surface area contributed by atoms with Gasteiger partial charge in [0.05, 0.1) is 10.6 Å². The molecular formula is C17H21NO2S. The second-order valence-corrected chi connectivity index (χ2v) is 7.00. The number of benzene rings is 2. The number of aryl methyl sites for hydroxylation is 3. The molecule has 0 spiro atoms. The van der Waals surface area contributed by atoms with Crippen LogP contribution < -0.4 is 4.72 Å². The summed E-state index contributed by atoms with van der Waals surface area (Å²) in [6.07, 6.45) is 2.01. The van der Waals surface area contributed by atoms with Gasteiger partial charge in [0.1, 0.15) is 0 Å². The highest BCUT2D eigenvalue weighted by Crippen LogP contribution is 2.21. The van der Waals surface area contributed by atoms with Crippen molar-refractivity contribution in [2.75, 3.05) is 4.72 Å². The van der Waals surface area contributed by atoms with Gasteiger partial charge >= 0.3 is 0 Å². The standard InChI is InChI=1S/C17H21NO2S/c1-4-5-15-8-10-16(11-9-15)21(19,20)18-17-12-13(2)6-7-14(17)3/h6-12,18H,4-5H2,1-3H3. The quantitative estimate of drug-likeness (QED) is 0.905. The monoisotopic (exact) mass is 303 g/mol. The minimum absolute atomic E-state index is 0.295. The topological polar surface area (TPSA) is 46.2 Å². The van der Waals surface area contributed by atoms with E-state index < -0.39 is 10.0 Å². The zero-order valence-electron chi connectivity index (χ0n) is 12.7. The largest absolute Gasteiger partial charge is 0.279 e. The van der Waals surface area contributed by atoms with Gasteiger partial charge in [0.15, 0.2) is 0 Å². The molecule has 21 heavy (non-hydrogen) atoms. The first-order valence-electron chi connectivity index (χ1n) is 7.11. The van der Waals surface area contributed by atoms with Crippen LogP contribution in [-0.2, 0) is 16.4 Å². The van der Waals surface area contributed by atoms with Gasteiger partial charge in [-0.2, -0.15) is 0 Å². The van der Waals surface area contributed by atoms with E-state index in [0.29, 0.717) is 10.6 Å². The SMILES string of the molecule is CCCc1ccc(S(=O)(=O)Nc2cc(C)ccc2C)cc1. The van der Waals surface area contributed by atoms with E-state index in [1.54, 1.807) is 12.1 Å². The fraction of sp³-hybridized carbons (Fsp3) is 0.294. The van der Waals surface area contributed by atoms with E-state index in [1.165, 1.54) is 0 Å². The Bertz CT molecular complexity index is 719. The van der Waals surface area contributed by atoms with Crippen molar-refractivity contribution >= 4 is 15.7 Å². The smallest absolute Gasteiger partial charge is 0.261 e. The summed E-state index contributed by atoms with van der Waals surface area (Å²) in [5.74, 6) is 0. The second kappa shape index (κ2) is 6.31. The predicted molar refractivity (Wildman–Crippen MR) is 87.2 cm³/mol. The molecule has 0 unspecified atom stereocenters. The molecule has 4 heteroatoms. The third-order valence-corrected chi connectivity index (χ3v) is 4.79. The summed E-state index contributed by atoms with van der Waals surface area (Å²) in [5.41, 5.74) is 3.72. The summed E-state index contributed by atoms with van der Waals surface area (Å²) in [6.45, 7) is 5.94. The van der Waals surface area contributed by atoms with Gasteiger partial charge in [0, 0.05) is 0 Å². The number of rotatable bonds is 5. The predicted octanol–water partition coefficient (Wildman–Crippen LogP) is 4.06. The Morgan fingerprint density at radius 2 is 1.67 bits per heavy atom. The van der Waals surface area contributed by atoms with Crippen molar-refractivity contribution in [3.63, 3.8) is 0 Å². The van der Waals surface area contributed by atoms with Crippen molar-refractivity contribution in [1.82, 2.24) is 0 Å². The van der Waals surface area contributed by atoms with E-state index in [-0.39, 0.29) is 0 Å². The van der Waals surface area contributed by atoms with Crippen LogP contribution in [0.4, 0.5) is 5.69 Å². The summed E-state index contributed by atoms with van der Waals surface area (Å²) in [6, 6.07) is 12.8. The molecule has 0 radical (unpaired) electrons. The van der Waals surface area contributed by atoms with Crippen LogP contribution in [0.15, 0.2) is 47.4 Å². The van der Waals surface area contributed by atoms with Crippen molar-refractivity contribution in [2.45, 2.75) is 38.5 Å². The molecule has 3 nitrogen and oxygen atoms in total. The van der Waals surface area contributed by atoms with Gasteiger partial charge < -0.3 is 0 Å².